The number of nitro groups is 1. The Labute approximate surface area is 138 Å². The molecule has 0 spiro atoms. The quantitative estimate of drug-likeness (QED) is 0.557. The smallest absolute Gasteiger partial charge is 0.358 e. The second kappa shape index (κ2) is 6.13. The maximum Gasteiger partial charge on any atom is 0.389 e. The zero-order valence-corrected chi connectivity index (χ0v) is 13.2. The molecule has 0 aliphatic heterocycles. The van der Waals surface area contributed by atoms with Crippen LogP contribution in [0, 0.1) is 10.1 Å². The number of nitrogens with one attached hydrogen (secondary N) is 1. The molecule has 1 aromatic carbocycles. The minimum atomic E-state index is -0.611. The Balaban J connectivity index is 1.80. The molecular formula is C14H10BrN5O3. The monoisotopic (exact) mass is 375 g/mol. The predicted molar refractivity (Wildman–Crippen MR) is 87.0 cm³/mol. The van der Waals surface area contributed by atoms with Gasteiger partial charge in [0.15, 0.2) is 0 Å². The van der Waals surface area contributed by atoms with Crippen LogP contribution >= 0.6 is 15.9 Å². The van der Waals surface area contributed by atoms with Crippen LogP contribution in [0.3, 0.4) is 0 Å². The number of nitrogens with zero attached hydrogens (tertiary/aromatic N) is 4. The summed E-state index contributed by atoms with van der Waals surface area (Å²) in [5.74, 6) is -0.647. The van der Waals surface area contributed by atoms with Gasteiger partial charge in [-0.2, -0.15) is 4.68 Å². The van der Waals surface area contributed by atoms with Gasteiger partial charge in [-0.15, -0.1) is 0 Å². The number of hydrogen-bond acceptors (Lipinski definition) is 5. The molecule has 0 radical (unpaired) electrons. The van der Waals surface area contributed by atoms with E-state index in [-0.39, 0.29) is 18.3 Å². The van der Waals surface area contributed by atoms with Gasteiger partial charge in [0.05, 0.1) is 28.6 Å². The van der Waals surface area contributed by atoms with Gasteiger partial charge in [0, 0.05) is 16.1 Å². The third kappa shape index (κ3) is 3.19. The lowest BCUT2D eigenvalue weighted by Gasteiger charge is -2.08. The fraction of sp³-hybridized carbons (Fsp3) is 0.0714. The summed E-state index contributed by atoms with van der Waals surface area (Å²) in [5.41, 5.74) is 1.22. The van der Waals surface area contributed by atoms with E-state index < -0.39 is 4.92 Å². The number of pyridine rings is 1. The van der Waals surface area contributed by atoms with E-state index in [0.717, 1.165) is 9.86 Å². The number of aromatic nitrogens is 3. The maximum absolute atomic E-state index is 12.1. The summed E-state index contributed by atoms with van der Waals surface area (Å²) in [4.78, 5) is 26.4. The molecule has 3 rings (SSSR count). The Morgan fingerprint density at radius 3 is 2.91 bits per heavy atom. The molecule has 1 N–H and O–H groups in total. The van der Waals surface area contributed by atoms with Crippen molar-refractivity contribution in [1.29, 1.82) is 0 Å². The van der Waals surface area contributed by atoms with Gasteiger partial charge in [0.2, 0.25) is 5.91 Å². The highest BCUT2D eigenvalue weighted by molar-refractivity contribution is 9.10. The van der Waals surface area contributed by atoms with Gasteiger partial charge in [-0.05, 0) is 23.1 Å². The Kier molecular flexibility index (Phi) is 4.02. The summed E-state index contributed by atoms with van der Waals surface area (Å²) < 4.78 is 2.09. The Hall–Kier alpha value is -2.81. The molecule has 2 heterocycles. The molecule has 8 nitrogen and oxygen atoms in total. The molecule has 0 saturated carbocycles. The summed E-state index contributed by atoms with van der Waals surface area (Å²) in [7, 11) is 0. The van der Waals surface area contributed by atoms with Gasteiger partial charge < -0.3 is 15.4 Å². The first-order valence-corrected chi connectivity index (χ1v) is 7.35. The first kappa shape index (κ1) is 15.1. The van der Waals surface area contributed by atoms with Crippen molar-refractivity contribution in [2.45, 2.75) is 6.54 Å². The first-order chi connectivity index (χ1) is 11.0. The number of carbonyl (C=O) groups excluding carboxylic acids is 1. The summed E-state index contributed by atoms with van der Waals surface area (Å²) in [6.45, 7) is -0.127. The van der Waals surface area contributed by atoms with Crippen molar-refractivity contribution >= 4 is 44.2 Å². The molecule has 2 aromatic heterocycles. The van der Waals surface area contributed by atoms with E-state index in [1.165, 1.54) is 16.9 Å². The number of fused-ring (bicyclic) bond motifs is 1. The average molecular weight is 376 g/mol. The van der Waals surface area contributed by atoms with Crippen molar-refractivity contribution in [3.63, 3.8) is 0 Å². The second-order valence-electron chi connectivity index (χ2n) is 4.67. The van der Waals surface area contributed by atoms with Crippen molar-refractivity contribution in [3.05, 3.63) is 57.3 Å². The number of anilines is 1. The van der Waals surface area contributed by atoms with Crippen LogP contribution in [0.4, 0.5) is 11.5 Å². The summed E-state index contributed by atoms with van der Waals surface area (Å²) in [6.07, 6.45) is 3.02. The van der Waals surface area contributed by atoms with Crippen molar-refractivity contribution in [3.8, 4) is 0 Å². The van der Waals surface area contributed by atoms with Gasteiger partial charge in [0.1, 0.15) is 6.54 Å². The van der Waals surface area contributed by atoms with Crippen LogP contribution in [0.2, 0.25) is 0 Å². The molecule has 1 amide bonds. The van der Waals surface area contributed by atoms with E-state index in [1.807, 2.05) is 18.2 Å². The molecule has 0 fully saturated rings. The molecular weight excluding hydrogens is 366 g/mol. The molecule has 0 unspecified atom stereocenters. The fourth-order valence-corrected chi connectivity index (χ4v) is 2.56. The second-order valence-corrected chi connectivity index (χ2v) is 5.53. The van der Waals surface area contributed by atoms with Crippen LogP contribution in [0.5, 0.6) is 0 Å². The number of rotatable bonds is 4. The van der Waals surface area contributed by atoms with Crippen molar-refractivity contribution in [1.82, 2.24) is 14.8 Å². The van der Waals surface area contributed by atoms with Gasteiger partial charge in [-0.25, -0.2) is 0 Å². The van der Waals surface area contributed by atoms with Crippen LogP contribution in [0.1, 0.15) is 0 Å². The Bertz CT molecular complexity index is 908. The first-order valence-electron chi connectivity index (χ1n) is 6.55. The van der Waals surface area contributed by atoms with Crippen molar-refractivity contribution < 1.29 is 9.72 Å². The zero-order valence-electron chi connectivity index (χ0n) is 11.6. The lowest BCUT2D eigenvalue weighted by atomic mass is 10.2. The Morgan fingerprint density at radius 2 is 2.17 bits per heavy atom. The standard InChI is InChI=1S/C14H10BrN5O3/c15-10-3-4-11(14-9(10)2-1-6-16-14)17-13(21)8-19-7-5-12(18-19)20(22)23/h1-7H,8H2,(H,17,21). The fourth-order valence-electron chi connectivity index (χ4n) is 2.11. The topological polar surface area (TPSA) is 103 Å². The summed E-state index contributed by atoms with van der Waals surface area (Å²) in [5, 5.41) is 17.9. The highest BCUT2D eigenvalue weighted by atomic mass is 79.9. The SMILES string of the molecule is O=C(Cn1ccc([N+](=O)[O-])n1)Nc1ccc(Br)c2cccnc12. The number of hydrogen-bond donors (Lipinski definition) is 1. The van der Waals surface area contributed by atoms with Crippen molar-refractivity contribution in [2.24, 2.45) is 0 Å². The van der Waals surface area contributed by atoms with E-state index in [9.17, 15) is 14.9 Å². The maximum atomic E-state index is 12.1. The number of benzene rings is 1. The highest BCUT2D eigenvalue weighted by Crippen LogP contribution is 2.28. The molecule has 0 aliphatic rings. The number of halogens is 1. The summed E-state index contributed by atoms with van der Waals surface area (Å²) >= 11 is 3.44. The minimum absolute atomic E-state index is 0.127. The number of carbonyl (C=O) groups is 1. The average Bonchev–Trinajstić information content (AvgIpc) is 2.99. The third-order valence-corrected chi connectivity index (χ3v) is 3.80. The molecule has 23 heavy (non-hydrogen) atoms. The molecule has 0 aliphatic carbocycles. The summed E-state index contributed by atoms with van der Waals surface area (Å²) in [6, 6.07) is 8.49. The van der Waals surface area contributed by atoms with Gasteiger partial charge in [0.25, 0.3) is 0 Å². The van der Waals surface area contributed by atoms with Crippen LogP contribution < -0.4 is 5.32 Å². The third-order valence-electron chi connectivity index (χ3n) is 3.11. The predicted octanol–water partition coefficient (Wildman–Crippen LogP) is 2.74. The van der Waals surface area contributed by atoms with Crippen LogP contribution in [-0.2, 0) is 11.3 Å². The van der Waals surface area contributed by atoms with Crippen molar-refractivity contribution in [2.75, 3.05) is 5.32 Å². The van der Waals surface area contributed by atoms with Crippen LogP contribution in [0.15, 0.2) is 47.2 Å². The van der Waals surface area contributed by atoms with E-state index in [2.05, 4.69) is 31.3 Å². The van der Waals surface area contributed by atoms with E-state index in [4.69, 9.17) is 0 Å². The van der Waals surface area contributed by atoms with E-state index in [0.29, 0.717) is 11.2 Å². The van der Waals surface area contributed by atoms with E-state index >= 15 is 0 Å². The van der Waals surface area contributed by atoms with Gasteiger partial charge >= 0.3 is 5.82 Å². The Morgan fingerprint density at radius 1 is 1.35 bits per heavy atom. The van der Waals surface area contributed by atoms with Crippen LogP contribution in [-0.4, -0.2) is 25.6 Å². The lowest BCUT2D eigenvalue weighted by molar-refractivity contribution is -0.389. The van der Waals surface area contributed by atoms with Gasteiger partial charge in [-0.1, -0.05) is 22.0 Å². The molecule has 0 atom stereocenters. The van der Waals surface area contributed by atoms with E-state index in [1.54, 1.807) is 12.3 Å². The lowest BCUT2D eigenvalue weighted by Crippen LogP contribution is -2.19. The molecule has 3 aromatic rings. The highest BCUT2D eigenvalue weighted by Gasteiger charge is 2.14. The largest absolute Gasteiger partial charge is 0.389 e. The van der Waals surface area contributed by atoms with Gasteiger partial charge in [-0.3, -0.25) is 9.78 Å². The molecule has 9 heteroatoms. The molecule has 0 bridgehead atoms. The number of amides is 1. The normalized spacial score (nSPS) is 10.7. The molecule has 116 valence electrons. The minimum Gasteiger partial charge on any atom is -0.358 e. The zero-order chi connectivity index (χ0) is 16.4. The molecule has 0 saturated heterocycles. The van der Waals surface area contributed by atoms with Crippen LogP contribution in [0.25, 0.3) is 10.9 Å².